The normalized spacial score (nSPS) is 17.1. The van der Waals surface area contributed by atoms with Crippen molar-refractivity contribution in [3.8, 4) is 5.75 Å². The van der Waals surface area contributed by atoms with Gasteiger partial charge in [0.15, 0.2) is 0 Å². The van der Waals surface area contributed by atoms with Gasteiger partial charge in [0.2, 0.25) is 0 Å². The average molecular weight is 264 g/mol. The number of carbonyl (C=O) groups is 1. The molecule has 1 fully saturated rings. The second-order valence-corrected chi connectivity index (χ2v) is 4.71. The highest BCUT2D eigenvalue weighted by molar-refractivity contribution is 5.84. The van der Waals surface area contributed by atoms with Gasteiger partial charge in [0.1, 0.15) is 11.9 Å². The number of anilines is 1. The topological polar surface area (TPSA) is 61.8 Å². The van der Waals surface area contributed by atoms with Crippen molar-refractivity contribution in [3.05, 3.63) is 24.3 Å². The molecular weight excluding hydrogens is 244 g/mol. The van der Waals surface area contributed by atoms with Gasteiger partial charge in [-0.15, -0.1) is 0 Å². The molecule has 0 unspecified atom stereocenters. The van der Waals surface area contributed by atoms with Crippen molar-refractivity contribution in [1.29, 1.82) is 0 Å². The lowest BCUT2D eigenvalue weighted by Crippen LogP contribution is -2.38. The molecule has 0 radical (unpaired) electrons. The molecule has 0 bridgehead atoms. The number of phenolic OH excluding ortho intramolecular Hbond substituents is 1. The summed E-state index contributed by atoms with van der Waals surface area (Å²) in [4.78, 5) is 14.1. The number of carbonyl (C=O) groups excluding carboxylic acids is 1. The van der Waals surface area contributed by atoms with Gasteiger partial charge < -0.3 is 14.7 Å². The van der Waals surface area contributed by atoms with E-state index in [1.165, 1.54) is 6.07 Å². The summed E-state index contributed by atoms with van der Waals surface area (Å²) in [5, 5.41) is 11.9. The lowest BCUT2D eigenvalue weighted by Gasteiger charge is -2.30. The van der Waals surface area contributed by atoms with Crippen LogP contribution in [0.25, 0.3) is 0 Å². The van der Waals surface area contributed by atoms with Crippen LogP contribution in [0.1, 0.15) is 19.8 Å². The summed E-state index contributed by atoms with van der Waals surface area (Å²) < 4.78 is 5.37. The van der Waals surface area contributed by atoms with Crippen LogP contribution in [-0.4, -0.2) is 41.8 Å². The molecule has 1 heterocycles. The molecule has 1 aromatic carbocycles. The van der Waals surface area contributed by atoms with E-state index in [1.54, 1.807) is 18.2 Å². The van der Waals surface area contributed by atoms with Gasteiger partial charge in [0.25, 0.3) is 0 Å². The molecule has 104 valence electrons. The maximum absolute atomic E-state index is 11.7. The van der Waals surface area contributed by atoms with Crippen LogP contribution in [0.4, 0.5) is 10.5 Å². The quantitative estimate of drug-likeness (QED) is 0.880. The van der Waals surface area contributed by atoms with Crippen LogP contribution in [0.5, 0.6) is 5.75 Å². The molecule has 1 saturated heterocycles. The first-order valence-electron chi connectivity index (χ1n) is 6.66. The Morgan fingerprint density at radius 3 is 2.84 bits per heavy atom. The fraction of sp³-hybridized carbons (Fsp3) is 0.500. The highest BCUT2D eigenvalue weighted by Crippen LogP contribution is 2.17. The number of nitrogens with one attached hydrogen (secondary N) is 1. The van der Waals surface area contributed by atoms with Crippen molar-refractivity contribution in [2.75, 3.05) is 25.0 Å². The van der Waals surface area contributed by atoms with E-state index in [-0.39, 0.29) is 11.9 Å². The Bertz CT molecular complexity index is 428. The van der Waals surface area contributed by atoms with E-state index in [4.69, 9.17) is 4.74 Å². The molecule has 19 heavy (non-hydrogen) atoms. The van der Waals surface area contributed by atoms with Gasteiger partial charge in [-0.05, 0) is 31.5 Å². The minimum absolute atomic E-state index is 0.0138. The zero-order valence-corrected chi connectivity index (χ0v) is 11.1. The maximum Gasteiger partial charge on any atom is 0.411 e. The zero-order valence-electron chi connectivity index (χ0n) is 11.1. The number of hydrogen-bond acceptors (Lipinski definition) is 4. The number of likely N-dealkylation sites (tertiary alicyclic amines) is 1. The van der Waals surface area contributed by atoms with Gasteiger partial charge in [-0.2, -0.15) is 0 Å². The van der Waals surface area contributed by atoms with E-state index in [1.807, 2.05) is 0 Å². The highest BCUT2D eigenvalue weighted by Gasteiger charge is 2.21. The third kappa shape index (κ3) is 4.13. The van der Waals surface area contributed by atoms with E-state index < -0.39 is 6.09 Å². The molecule has 1 aromatic rings. The van der Waals surface area contributed by atoms with Crippen LogP contribution in [0.3, 0.4) is 0 Å². The van der Waals surface area contributed by atoms with Crippen LogP contribution in [0.15, 0.2) is 24.3 Å². The molecule has 5 nitrogen and oxygen atoms in total. The summed E-state index contributed by atoms with van der Waals surface area (Å²) in [6.07, 6.45) is 1.28. The van der Waals surface area contributed by atoms with Gasteiger partial charge in [-0.25, -0.2) is 4.79 Å². The third-order valence-electron chi connectivity index (χ3n) is 3.35. The average Bonchev–Trinajstić information content (AvgIpc) is 2.39. The molecule has 5 heteroatoms. The van der Waals surface area contributed by atoms with E-state index in [2.05, 4.69) is 17.1 Å². The Balaban J connectivity index is 1.79. The second kappa shape index (κ2) is 6.43. The first kappa shape index (κ1) is 13.7. The predicted molar refractivity (Wildman–Crippen MR) is 73.3 cm³/mol. The Kier molecular flexibility index (Phi) is 4.63. The molecule has 1 aliphatic rings. The summed E-state index contributed by atoms with van der Waals surface area (Å²) >= 11 is 0. The van der Waals surface area contributed by atoms with Gasteiger partial charge in [-0.1, -0.05) is 13.0 Å². The number of nitrogens with zero attached hydrogens (tertiary/aromatic N) is 1. The summed E-state index contributed by atoms with van der Waals surface area (Å²) in [5.74, 6) is 0.119. The molecule has 0 spiro atoms. The SMILES string of the molecule is CCN1CCC(OC(=O)Nc2cccc(O)c2)CC1. The molecule has 2 rings (SSSR count). The van der Waals surface area contributed by atoms with E-state index >= 15 is 0 Å². The number of ether oxygens (including phenoxy) is 1. The summed E-state index contributed by atoms with van der Waals surface area (Å²) in [5.41, 5.74) is 0.538. The van der Waals surface area contributed by atoms with Crippen LogP contribution in [0, 0.1) is 0 Å². The van der Waals surface area contributed by atoms with Crippen molar-refractivity contribution in [3.63, 3.8) is 0 Å². The summed E-state index contributed by atoms with van der Waals surface area (Å²) in [6.45, 7) is 5.12. The fourth-order valence-corrected chi connectivity index (χ4v) is 2.23. The maximum atomic E-state index is 11.7. The number of amides is 1. The van der Waals surface area contributed by atoms with E-state index in [9.17, 15) is 9.90 Å². The van der Waals surface area contributed by atoms with Gasteiger partial charge in [0, 0.05) is 24.8 Å². The summed E-state index contributed by atoms with van der Waals surface area (Å²) in [7, 11) is 0. The lowest BCUT2D eigenvalue weighted by molar-refractivity contribution is 0.0606. The van der Waals surface area contributed by atoms with Crippen LogP contribution in [0.2, 0.25) is 0 Å². The number of phenols is 1. The number of benzene rings is 1. The standard InChI is InChI=1S/C14H20N2O3/c1-2-16-8-6-13(7-9-16)19-14(18)15-11-4-3-5-12(17)10-11/h3-5,10,13,17H,2,6-9H2,1H3,(H,15,18). The largest absolute Gasteiger partial charge is 0.508 e. The fourth-order valence-electron chi connectivity index (χ4n) is 2.23. The van der Waals surface area contributed by atoms with Crippen molar-refractivity contribution in [2.24, 2.45) is 0 Å². The smallest absolute Gasteiger partial charge is 0.411 e. The van der Waals surface area contributed by atoms with Gasteiger partial charge in [-0.3, -0.25) is 5.32 Å². The monoisotopic (exact) mass is 264 g/mol. The zero-order chi connectivity index (χ0) is 13.7. The molecule has 2 N–H and O–H groups in total. The van der Waals surface area contributed by atoms with E-state index in [0.29, 0.717) is 5.69 Å². The Morgan fingerprint density at radius 2 is 2.21 bits per heavy atom. The van der Waals surface area contributed by atoms with E-state index in [0.717, 1.165) is 32.5 Å². The molecule has 0 atom stereocenters. The van der Waals surface area contributed by atoms with Crippen molar-refractivity contribution in [2.45, 2.75) is 25.9 Å². The Morgan fingerprint density at radius 1 is 1.47 bits per heavy atom. The van der Waals surface area contributed by atoms with Crippen molar-refractivity contribution >= 4 is 11.8 Å². The molecule has 0 saturated carbocycles. The minimum atomic E-state index is -0.458. The first-order valence-corrected chi connectivity index (χ1v) is 6.66. The number of piperidine rings is 1. The van der Waals surface area contributed by atoms with Crippen LogP contribution < -0.4 is 5.32 Å². The van der Waals surface area contributed by atoms with Gasteiger partial charge in [0.05, 0.1) is 0 Å². The number of aromatic hydroxyl groups is 1. The van der Waals surface area contributed by atoms with Crippen LogP contribution >= 0.6 is 0 Å². The lowest BCUT2D eigenvalue weighted by atomic mass is 10.1. The number of hydrogen-bond donors (Lipinski definition) is 2. The third-order valence-corrected chi connectivity index (χ3v) is 3.35. The minimum Gasteiger partial charge on any atom is -0.508 e. The van der Waals surface area contributed by atoms with Crippen molar-refractivity contribution < 1.29 is 14.6 Å². The molecule has 0 aromatic heterocycles. The Labute approximate surface area is 113 Å². The first-order chi connectivity index (χ1) is 9.17. The van der Waals surface area contributed by atoms with Crippen molar-refractivity contribution in [1.82, 2.24) is 4.90 Å². The molecule has 1 aliphatic heterocycles. The second-order valence-electron chi connectivity index (χ2n) is 4.71. The van der Waals surface area contributed by atoms with Gasteiger partial charge >= 0.3 is 6.09 Å². The van der Waals surface area contributed by atoms with Crippen LogP contribution in [-0.2, 0) is 4.74 Å². The highest BCUT2D eigenvalue weighted by atomic mass is 16.6. The molecule has 1 amide bonds. The summed E-state index contributed by atoms with van der Waals surface area (Å²) in [6, 6.07) is 6.42. The molecular formula is C14H20N2O3. The predicted octanol–water partition coefficient (Wildman–Crippen LogP) is 2.43. The number of rotatable bonds is 3. The Hall–Kier alpha value is -1.75. The molecule has 0 aliphatic carbocycles.